The second kappa shape index (κ2) is 6.79. The summed E-state index contributed by atoms with van der Waals surface area (Å²) in [6.07, 6.45) is 3.05. The SMILES string of the molecule is Cc1cc(F)ccc1C(c1ccc(Cl)cc1Cl)N(C)n1cncn1. The summed E-state index contributed by atoms with van der Waals surface area (Å²) in [5, 5.41) is 7.14. The van der Waals surface area contributed by atoms with Gasteiger partial charge in [0.15, 0.2) is 0 Å². The van der Waals surface area contributed by atoms with Gasteiger partial charge in [-0.05, 0) is 47.9 Å². The van der Waals surface area contributed by atoms with E-state index in [1.165, 1.54) is 18.5 Å². The van der Waals surface area contributed by atoms with Gasteiger partial charge in [-0.15, -0.1) is 5.10 Å². The van der Waals surface area contributed by atoms with E-state index >= 15 is 0 Å². The van der Waals surface area contributed by atoms with Crippen LogP contribution in [0, 0.1) is 12.7 Å². The Morgan fingerprint density at radius 1 is 1.12 bits per heavy atom. The molecule has 2 aromatic carbocycles. The van der Waals surface area contributed by atoms with Gasteiger partial charge in [-0.2, -0.15) is 4.79 Å². The molecule has 1 atom stereocenters. The first-order valence-electron chi connectivity index (χ1n) is 7.26. The van der Waals surface area contributed by atoms with Crippen molar-refractivity contribution in [1.82, 2.24) is 14.9 Å². The molecule has 0 aliphatic carbocycles. The molecule has 1 unspecified atom stereocenters. The first-order valence-corrected chi connectivity index (χ1v) is 8.01. The van der Waals surface area contributed by atoms with Crippen molar-refractivity contribution in [3.63, 3.8) is 0 Å². The minimum absolute atomic E-state index is 0.277. The fourth-order valence-corrected chi connectivity index (χ4v) is 3.23. The van der Waals surface area contributed by atoms with Crippen LogP contribution in [-0.2, 0) is 0 Å². The Balaban J connectivity index is 2.17. The van der Waals surface area contributed by atoms with Gasteiger partial charge in [0.2, 0.25) is 0 Å². The summed E-state index contributed by atoms with van der Waals surface area (Å²) in [6.45, 7) is 1.87. The maximum absolute atomic E-state index is 13.5. The minimum Gasteiger partial charge on any atom is -0.287 e. The maximum atomic E-state index is 13.5. The van der Waals surface area contributed by atoms with Crippen molar-refractivity contribution >= 4 is 23.2 Å². The highest BCUT2D eigenvalue weighted by Crippen LogP contribution is 2.35. The Morgan fingerprint density at radius 3 is 2.50 bits per heavy atom. The molecule has 1 heterocycles. The summed E-state index contributed by atoms with van der Waals surface area (Å²) in [7, 11) is 1.87. The average molecular weight is 365 g/mol. The molecule has 0 saturated heterocycles. The molecule has 4 nitrogen and oxygen atoms in total. The van der Waals surface area contributed by atoms with Gasteiger partial charge in [0.25, 0.3) is 0 Å². The van der Waals surface area contributed by atoms with Crippen LogP contribution >= 0.6 is 23.2 Å². The van der Waals surface area contributed by atoms with Gasteiger partial charge >= 0.3 is 0 Å². The van der Waals surface area contributed by atoms with Gasteiger partial charge in [0.05, 0.1) is 6.04 Å². The number of hydrogen-bond acceptors (Lipinski definition) is 3. The van der Waals surface area contributed by atoms with E-state index in [1.807, 2.05) is 25.0 Å². The molecule has 0 amide bonds. The highest BCUT2D eigenvalue weighted by molar-refractivity contribution is 6.35. The zero-order valence-corrected chi connectivity index (χ0v) is 14.6. The quantitative estimate of drug-likeness (QED) is 0.688. The van der Waals surface area contributed by atoms with Crippen molar-refractivity contribution in [2.45, 2.75) is 13.0 Å². The maximum Gasteiger partial charge on any atom is 0.139 e. The first-order chi connectivity index (χ1) is 11.5. The van der Waals surface area contributed by atoms with Crippen molar-refractivity contribution in [3.05, 3.63) is 81.6 Å². The highest BCUT2D eigenvalue weighted by Gasteiger charge is 2.24. The molecule has 0 saturated carbocycles. The first kappa shape index (κ1) is 16.7. The third-order valence-corrected chi connectivity index (χ3v) is 4.45. The summed E-state index contributed by atoms with van der Waals surface area (Å²) >= 11 is 12.5. The lowest BCUT2D eigenvalue weighted by Crippen LogP contribution is -2.36. The fraction of sp³-hybridized carbons (Fsp3) is 0.176. The van der Waals surface area contributed by atoms with Crippen molar-refractivity contribution in [3.8, 4) is 0 Å². The van der Waals surface area contributed by atoms with Gasteiger partial charge in [0.1, 0.15) is 18.5 Å². The van der Waals surface area contributed by atoms with Crippen LogP contribution < -0.4 is 5.01 Å². The van der Waals surface area contributed by atoms with Gasteiger partial charge in [0, 0.05) is 17.1 Å². The van der Waals surface area contributed by atoms with E-state index in [-0.39, 0.29) is 11.9 Å². The van der Waals surface area contributed by atoms with Crippen LogP contribution in [0.5, 0.6) is 0 Å². The van der Waals surface area contributed by atoms with Gasteiger partial charge in [-0.3, -0.25) is 5.01 Å². The Morgan fingerprint density at radius 2 is 1.88 bits per heavy atom. The van der Waals surface area contributed by atoms with Crippen LogP contribution in [0.3, 0.4) is 0 Å². The summed E-state index contributed by atoms with van der Waals surface area (Å²) in [5.74, 6) is -0.277. The van der Waals surface area contributed by atoms with E-state index in [0.29, 0.717) is 10.0 Å². The predicted octanol–water partition coefficient (Wildman–Crippen LogP) is 4.39. The largest absolute Gasteiger partial charge is 0.287 e. The third-order valence-electron chi connectivity index (χ3n) is 3.89. The van der Waals surface area contributed by atoms with E-state index in [9.17, 15) is 4.39 Å². The van der Waals surface area contributed by atoms with Crippen LogP contribution in [0.2, 0.25) is 10.0 Å². The topological polar surface area (TPSA) is 34.0 Å². The molecular weight excluding hydrogens is 350 g/mol. The Kier molecular flexibility index (Phi) is 4.73. The van der Waals surface area contributed by atoms with Gasteiger partial charge in [-0.1, -0.05) is 35.3 Å². The van der Waals surface area contributed by atoms with Crippen LogP contribution in [0.25, 0.3) is 0 Å². The van der Waals surface area contributed by atoms with Gasteiger partial charge < -0.3 is 0 Å². The molecule has 3 aromatic rings. The highest BCUT2D eigenvalue weighted by atomic mass is 35.5. The Labute approximate surface area is 149 Å². The number of hydrogen-bond donors (Lipinski definition) is 0. The summed E-state index contributed by atoms with van der Waals surface area (Å²) in [4.78, 5) is 5.59. The van der Waals surface area contributed by atoms with Crippen molar-refractivity contribution in [2.24, 2.45) is 0 Å². The number of halogens is 3. The normalized spacial score (nSPS) is 12.2. The molecule has 0 radical (unpaired) electrons. The molecule has 1 aromatic heterocycles. The number of nitrogens with zero attached hydrogens (tertiary/aromatic N) is 4. The minimum atomic E-state index is -0.280. The number of aryl methyl sites for hydroxylation is 1. The van der Waals surface area contributed by atoms with E-state index in [2.05, 4.69) is 10.1 Å². The van der Waals surface area contributed by atoms with E-state index < -0.39 is 0 Å². The van der Waals surface area contributed by atoms with Crippen LogP contribution in [0.1, 0.15) is 22.7 Å². The number of benzene rings is 2. The Bertz CT molecular complexity index is 800. The molecule has 124 valence electrons. The number of rotatable bonds is 4. The lowest BCUT2D eigenvalue weighted by Gasteiger charge is -2.31. The zero-order chi connectivity index (χ0) is 17.3. The molecule has 0 N–H and O–H groups in total. The van der Waals surface area contributed by atoms with Gasteiger partial charge in [-0.25, -0.2) is 9.37 Å². The van der Waals surface area contributed by atoms with Crippen molar-refractivity contribution in [1.29, 1.82) is 0 Å². The average Bonchev–Trinajstić information content (AvgIpc) is 3.05. The Hall–Kier alpha value is -2.11. The smallest absolute Gasteiger partial charge is 0.139 e. The molecule has 0 spiro atoms. The standard InChI is InChI=1S/C17H15Cl2FN4/c1-11-7-13(20)4-6-14(11)17(23(2)24-10-21-9-22-24)15-5-3-12(18)8-16(15)19/h3-10,17H,1-2H3. The molecule has 0 fully saturated rings. The summed E-state index contributed by atoms with van der Waals surface area (Å²) < 4.78 is 13.5. The second-order valence-corrected chi connectivity index (χ2v) is 6.30. The van der Waals surface area contributed by atoms with Crippen LogP contribution in [0.4, 0.5) is 4.39 Å². The lowest BCUT2D eigenvalue weighted by atomic mass is 9.94. The number of aromatic nitrogens is 3. The van der Waals surface area contributed by atoms with Crippen molar-refractivity contribution in [2.75, 3.05) is 12.1 Å². The molecule has 0 bridgehead atoms. The predicted molar refractivity (Wildman–Crippen MR) is 93.6 cm³/mol. The molecule has 3 rings (SSSR count). The lowest BCUT2D eigenvalue weighted by molar-refractivity contribution is 0.526. The zero-order valence-electron chi connectivity index (χ0n) is 13.1. The molecule has 0 aliphatic rings. The summed E-state index contributed by atoms with van der Waals surface area (Å²) in [5.41, 5.74) is 2.57. The molecule has 24 heavy (non-hydrogen) atoms. The van der Waals surface area contributed by atoms with Crippen molar-refractivity contribution < 1.29 is 4.39 Å². The van der Waals surface area contributed by atoms with E-state index in [0.717, 1.165) is 16.7 Å². The van der Waals surface area contributed by atoms with Crippen LogP contribution in [-0.4, -0.2) is 21.9 Å². The molecule has 0 aliphatic heterocycles. The summed E-state index contributed by atoms with van der Waals surface area (Å²) in [6, 6.07) is 9.76. The van der Waals surface area contributed by atoms with Crippen LogP contribution in [0.15, 0.2) is 49.1 Å². The van der Waals surface area contributed by atoms with E-state index in [1.54, 1.807) is 29.3 Å². The monoisotopic (exact) mass is 364 g/mol. The molecule has 7 heteroatoms. The third kappa shape index (κ3) is 3.23. The molecular formula is C17H15Cl2FN4. The second-order valence-electron chi connectivity index (χ2n) is 5.46. The fourth-order valence-electron chi connectivity index (χ4n) is 2.72. The van der Waals surface area contributed by atoms with E-state index in [4.69, 9.17) is 23.2 Å².